The number of carbonyl (C=O) groups is 1. The van der Waals surface area contributed by atoms with E-state index < -0.39 is 9.84 Å². The number of amides is 1. The molecule has 0 spiro atoms. The number of halogens is 1. The van der Waals surface area contributed by atoms with Crippen molar-refractivity contribution in [2.75, 3.05) is 29.9 Å². The van der Waals surface area contributed by atoms with Crippen molar-refractivity contribution in [1.82, 2.24) is 4.90 Å². The first-order valence-corrected chi connectivity index (χ1v) is 9.11. The average Bonchev–Trinajstić information content (AvgIpc) is 2.79. The van der Waals surface area contributed by atoms with Crippen LogP contribution in [0.4, 0.5) is 5.69 Å². The smallest absolute Gasteiger partial charge is 0.242 e. The maximum Gasteiger partial charge on any atom is 0.242 e. The van der Waals surface area contributed by atoms with Crippen molar-refractivity contribution in [2.24, 2.45) is 0 Å². The van der Waals surface area contributed by atoms with Crippen LogP contribution in [-0.2, 0) is 14.6 Å². The number of anilines is 1. The number of benzene rings is 1. The molecule has 0 saturated carbocycles. The predicted molar refractivity (Wildman–Crippen MR) is 84.4 cm³/mol. The summed E-state index contributed by atoms with van der Waals surface area (Å²) in [7, 11) is -2.99. The van der Waals surface area contributed by atoms with Crippen LogP contribution in [-0.4, -0.2) is 49.9 Å². The molecule has 1 aliphatic rings. The first-order chi connectivity index (χ1) is 9.93. The number of likely N-dealkylation sites (N-methyl/N-ethyl adjacent to an activating group) is 1. The minimum Gasteiger partial charge on any atom is -0.375 e. The number of para-hydroxylation sites is 1. The van der Waals surface area contributed by atoms with E-state index in [9.17, 15) is 13.2 Å². The zero-order valence-electron chi connectivity index (χ0n) is 11.9. The summed E-state index contributed by atoms with van der Waals surface area (Å²) in [5, 5.41) is 3.55. The van der Waals surface area contributed by atoms with E-state index in [1.54, 1.807) is 17.0 Å². The van der Waals surface area contributed by atoms with Crippen molar-refractivity contribution < 1.29 is 13.2 Å². The van der Waals surface area contributed by atoms with Crippen LogP contribution < -0.4 is 5.32 Å². The Bertz CT molecular complexity index is 618. The van der Waals surface area contributed by atoms with Gasteiger partial charge in [-0.3, -0.25) is 4.79 Å². The van der Waals surface area contributed by atoms with E-state index in [1.165, 1.54) is 0 Å². The third kappa shape index (κ3) is 4.11. The minimum absolute atomic E-state index is 0.0681. The summed E-state index contributed by atoms with van der Waals surface area (Å²) < 4.78 is 23.1. The molecule has 0 aromatic heterocycles. The van der Waals surface area contributed by atoms with Crippen molar-refractivity contribution in [1.29, 1.82) is 0 Å². The molecule has 21 heavy (non-hydrogen) atoms. The molecule has 0 aliphatic carbocycles. The lowest BCUT2D eigenvalue weighted by atomic mass is 10.2. The summed E-state index contributed by atoms with van der Waals surface area (Å²) in [4.78, 5) is 13.9. The van der Waals surface area contributed by atoms with Gasteiger partial charge < -0.3 is 10.2 Å². The number of rotatable bonds is 5. The summed E-state index contributed by atoms with van der Waals surface area (Å²) >= 11 is 6.02. The van der Waals surface area contributed by atoms with E-state index in [-0.39, 0.29) is 30.0 Å². The molecule has 1 atom stereocenters. The highest BCUT2D eigenvalue weighted by Crippen LogP contribution is 2.21. The van der Waals surface area contributed by atoms with E-state index in [2.05, 4.69) is 5.32 Å². The van der Waals surface area contributed by atoms with Gasteiger partial charge in [-0.15, -0.1) is 0 Å². The Morgan fingerprint density at radius 2 is 2.14 bits per heavy atom. The van der Waals surface area contributed by atoms with Gasteiger partial charge in [-0.25, -0.2) is 8.42 Å². The Hall–Kier alpha value is -1.27. The third-order valence-corrected chi connectivity index (χ3v) is 5.69. The summed E-state index contributed by atoms with van der Waals surface area (Å²) in [5.41, 5.74) is 0.697. The Morgan fingerprint density at radius 1 is 1.43 bits per heavy atom. The Labute approximate surface area is 130 Å². The topological polar surface area (TPSA) is 66.5 Å². The van der Waals surface area contributed by atoms with Crippen LogP contribution in [0.3, 0.4) is 0 Å². The van der Waals surface area contributed by atoms with Crippen molar-refractivity contribution >= 4 is 33.0 Å². The van der Waals surface area contributed by atoms with Crippen molar-refractivity contribution in [3.8, 4) is 0 Å². The molecule has 1 fully saturated rings. The van der Waals surface area contributed by atoms with Gasteiger partial charge in [0, 0.05) is 12.6 Å². The van der Waals surface area contributed by atoms with Gasteiger partial charge in [-0.2, -0.15) is 0 Å². The second kappa shape index (κ2) is 6.66. The standard InChI is InChI=1S/C14H19ClN2O3S/c1-2-17(11-7-8-21(19,20)10-11)14(18)9-16-13-6-4-3-5-12(13)15/h3-6,11,16H,2,7-10H2,1H3. The van der Waals surface area contributed by atoms with Crippen molar-refractivity contribution in [3.63, 3.8) is 0 Å². The first-order valence-electron chi connectivity index (χ1n) is 6.91. The van der Waals surface area contributed by atoms with Crippen LogP contribution in [0.15, 0.2) is 24.3 Å². The highest BCUT2D eigenvalue weighted by Gasteiger charge is 2.33. The third-order valence-electron chi connectivity index (χ3n) is 3.61. The molecule has 1 heterocycles. The second-order valence-electron chi connectivity index (χ2n) is 5.07. The fraction of sp³-hybridized carbons (Fsp3) is 0.500. The fourth-order valence-corrected chi connectivity index (χ4v) is 4.47. The van der Waals surface area contributed by atoms with Gasteiger partial charge in [0.1, 0.15) is 0 Å². The second-order valence-corrected chi connectivity index (χ2v) is 7.71. The number of hydrogen-bond acceptors (Lipinski definition) is 4. The van der Waals surface area contributed by atoms with Crippen LogP contribution in [0.25, 0.3) is 0 Å². The normalized spacial score (nSPS) is 20.2. The zero-order valence-corrected chi connectivity index (χ0v) is 13.5. The van der Waals surface area contributed by atoms with Gasteiger partial charge >= 0.3 is 0 Å². The van der Waals surface area contributed by atoms with Crippen LogP contribution in [0.2, 0.25) is 5.02 Å². The molecule has 1 unspecified atom stereocenters. The van der Waals surface area contributed by atoms with Gasteiger partial charge in [-0.05, 0) is 25.5 Å². The summed E-state index contributed by atoms with van der Waals surface area (Å²) in [6.07, 6.45) is 0.522. The van der Waals surface area contributed by atoms with Crippen molar-refractivity contribution in [2.45, 2.75) is 19.4 Å². The molecule has 1 aromatic carbocycles. The lowest BCUT2D eigenvalue weighted by Crippen LogP contribution is -2.43. The molecule has 5 nitrogen and oxygen atoms in total. The van der Waals surface area contributed by atoms with Gasteiger partial charge in [0.05, 0.1) is 28.8 Å². The number of sulfone groups is 1. The summed E-state index contributed by atoms with van der Waals surface area (Å²) in [6.45, 7) is 2.47. The van der Waals surface area contributed by atoms with E-state index in [1.807, 2.05) is 19.1 Å². The fourth-order valence-electron chi connectivity index (χ4n) is 2.54. The molecule has 1 aromatic rings. The summed E-state index contributed by atoms with van der Waals surface area (Å²) in [5.74, 6) is 0.123. The molecule has 1 amide bonds. The molecule has 116 valence electrons. The average molecular weight is 331 g/mol. The molecule has 1 N–H and O–H groups in total. The van der Waals surface area contributed by atoms with Gasteiger partial charge in [0.25, 0.3) is 0 Å². The SMILES string of the molecule is CCN(C(=O)CNc1ccccc1Cl)C1CCS(=O)(=O)C1. The van der Waals surface area contributed by atoms with Gasteiger partial charge in [0.2, 0.25) is 5.91 Å². The number of carbonyl (C=O) groups excluding carboxylic acids is 1. The largest absolute Gasteiger partial charge is 0.375 e. The Kier molecular flexibility index (Phi) is 5.11. The Balaban J connectivity index is 1.97. The molecule has 0 bridgehead atoms. The molecule has 1 saturated heterocycles. The van der Waals surface area contributed by atoms with E-state index in [0.29, 0.717) is 23.7 Å². The maximum absolute atomic E-state index is 12.3. The molecule has 2 rings (SSSR count). The predicted octanol–water partition coefficient (Wildman–Crippen LogP) is 1.79. The Morgan fingerprint density at radius 3 is 2.71 bits per heavy atom. The van der Waals surface area contributed by atoms with Gasteiger partial charge in [-0.1, -0.05) is 23.7 Å². The zero-order chi connectivity index (χ0) is 15.5. The molecule has 7 heteroatoms. The lowest BCUT2D eigenvalue weighted by molar-refractivity contribution is -0.130. The monoisotopic (exact) mass is 330 g/mol. The quantitative estimate of drug-likeness (QED) is 0.893. The molecular formula is C14H19ClN2O3S. The van der Waals surface area contributed by atoms with Crippen LogP contribution in [0.5, 0.6) is 0 Å². The minimum atomic E-state index is -2.99. The van der Waals surface area contributed by atoms with E-state index in [4.69, 9.17) is 11.6 Å². The molecular weight excluding hydrogens is 312 g/mol. The highest BCUT2D eigenvalue weighted by atomic mass is 35.5. The van der Waals surface area contributed by atoms with E-state index >= 15 is 0 Å². The highest BCUT2D eigenvalue weighted by molar-refractivity contribution is 7.91. The number of nitrogens with one attached hydrogen (secondary N) is 1. The molecule has 1 aliphatic heterocycles. The van der Waals surface area contributed by atoms with Crippen LogP contribution >= 0.6 is 11.6 Å². The van der Waals surface area contributed by atoms with Gasteiger partial charge in [0.15, 0.2) is 9.84 Å². The lowest BCUT2D eigenvalue weighted by Gasteiger charge is -2.27. The first kappa shape index (κ1) is 16.1. The number of nitrogens with zero attached hydrogens (tertiary/aromatic N) is 1. The van der Waals surface area contributed by atoms with Crippen molar-refractivity contribution in [3.05, 3.63) is 29.3 Å². The summed E-state index contributed by atoms with van der Waals surface area (Å²) in [6, 6.07) is 6.98. The van der Waals surface area contributed by atoms with Crippen LogP contribution in [0, 0.1) is 0 Å². The number of hydrogen-bond donors (Lipinski definition) is 1. The van der Waals surface area contributed by atoms with E-state index in [0.717, 1.165) is 0 Å². The maximum atomic E-state index is 12.3. The van der Waals surface area contributed by atoms with Crippen LogP contribution in [0.1, 0.15) is 13.3 Å². The molecule has 0 radical (unpaired) electrons.